The number of rotatable bonds is 5. The van der Waals surface area contributed by atoms with Crippen LogP contribution in [0.3, 0.4) is 0 Å². The number of aliphatic hydroxyl groups is 1. The van der Waals surface area contributed by atoms with Gasteiger partial charge in [0.25, 0.3) is 0 Å². The van der Waals surface area contributed by atoms with Gasteiger partial charge in [0, 0.05) is 18.2 Å². The van der Waals surface area contributed by atoms with E-state index in [1.807, 2.05) is 0 Å². The maximum absolute atomic E-state index is 12.6. The minimum atomic E-state index is -3.70. The maximum atomic E-state index is 12.6. The molecule has 0 atom stereocenters. The van der Waals surface area contributed by atoms with Crippen LogP contribution in [0, 0.1) is 11.8 Å². The van der Waals surface area contributed by atoms with Gasteiger partial charge >= 0.3 is 0 Å². The SMILES string of the molecule is NCC#Cc1ccc(S(=O)(=O)N(CCO)C2CC2)c(Cl)c1. The first-order valence-corrected chi connectivity index (χ1v) is 8.43. The number of halogens is 1. The molecule has 3 N–H and O–H groups in total. The lowest BCUT2D eigenvalue weighted by Gasteiger charge is -2.21. The minimum Gasteiger partial charge on any atom is -0.395 e. The number of aliphatic hydroxyl groups excluding tert-OH is 1. The average molecular weight is 329 g/mol. The largest absolute Gasteiger partial charge is 0.395 e. The molecule has 1 aromatic rings. The summed E-state index contributed by atoms with van der Waals surface area (Å²) < 4.78 is 26.6. The van der Waals surface area contributed by atoms with Crippen LogP contribution in [-0.4, -0.2) is 43.6 Å². The second-order valence-corrected chi connectivity index (χ2v) is 6.99. The molecule has 0 saturated heterocycles. The minimum absolute atomic E-state index is 0.0325. The Kier molecular flexibility index (Phi) is 5.25. The summed E-state index contributed by atoms with van der Waals surface area (Å²) in [5.74, 6) is 5.49. The summed E-state index contributed by atoms with van der Waals surface area (Å²) in [6, 6.07) is 4.53. The third-order valence-corrected chi connectivity index (χ3v) is 5.56. The molecule has 0 unspecified atom stereocenters. The third-order valence-electron chi connectivity index (χ3n) is 3.13. The first-order valence-electron chi connectivity index (χ1n) is 6.62. The quantitative estimate of drug-likeness (QED) is 0.783. The number of sulfonamides is 1. The molecule has 1 aliphatic carbocycles. The Bertz CT molecular complexity index is 675. The van der Waals surface area contributed by atoms with E-state index < -0.39 is 10.0 Å². The molecule has 2 rings (SSSR count). The molecule has 21 heavy (non-hydrogen) atoms. The summed E-state index contributed by atoms with van der Waals surface area (Å²) in [7, 11) is -3.70. The van der Waals surface area contributed by atoms with Gasteiger partial charge < -0.3 is 10.8 Å². The van der Waals surface area contributed by atoms with E-state index in [0.717, 1.165) is 12.8 Å². The Balaban J connectivity index is 2.35. The van der Waals surface area contributed by atoms with E-state index in [1.165, 1.54) is 16.4 Å². The Morgan fingerprint density at radius 3 is 2.67 bits per heavy atom. The van der Waals surface area contributed by atoms with E-state index in [1.54, 1.807) is 6.07 Å². The molecule has 1 aromatic carbocycles. The normalized spacial score (nSPS) is 14.9. The molecule has 0 aromatic heterocycles. The average Bonchev–Trinajstić information content (AvgIpc) is 3.26. The second-order valence-electron chi connectivity index (χ2n) is 4.72. The van der Waals surface area contributed by atoms with Crippen molar-refractivity contribution in [2.24, 2.45) is 5.73 Å². The number of hydrogen-bond acceptors (Lipinski definition) is 4. The molecule has 5 nitrogen and oxygen atoms in total. The van der Waals surface area contributed by atoms with E-state index in [9.17, 15) is 8.42 Å². The van der Waals surface area contributed by atoms with Gasteiger partial charge in [-0.1, -0.05) is 23.4 Å². The molecule has 1 aliphatic rings. The van der Waals surface area contributed by atoms with Crippen molar-refractivity contribution in [1.82, 2.24) is 4.31 Å². The fourth-order valence-corrected chi connectivity index (χ4v) is 4.22. The third kappa shape index (κ3) is 3.76. The molecule has 1 fully saturated rings. The summed E-state index contributed by atoms with van der Waals surface area (Å²) in [4.78, 5) is 0.0443. The monoisotopic (exact) mass is 328 g/mol. The highest BCUT2D eigenvalue weighted by Gasteiger charge is 2.38. The lowest BCUT2D eigenvalue weighted by molar-refractivity contribution is 0.250. The van der Waals surface area contributed by atoms with Crippen LogP contribution in [0.2, 0.25) is 5.02 Å². The molecule has 0 radical (unpaired) electrons. The number of nitrogens with zero attached hydrogens (tertiary/aromatic N) is 1. The van der Waals surface area contributed by atoms with Gasteiger partial charge in [-0.25, -0.2) is 8.42 Å². The summed E-state index contributed by atoms with van der Waals surface area (Å²) in [5, 5.41) is 9.19. The van der Waals surface area contributed by atoms with Crippen molar-refractivity contribution in [2.45, 2.75) is 23.8 Å². The molecular weight excluding hydrogens is 312 g/mol. The highest BCUT2D eigenvalue weighted by Crippen LogP contribution is 2.34. The van der Waals surface area contributed by atoms with Crippen molar-refractivity contribution in [3.63, 3.8) is 0 Å². The summed E-state index contributed by atoms with van der Waals surface area (Å²) in [6.07, 6.45) is 1.63. The Hall–Kier alpha value is -1.10. The molecule has 0 aliphatic heterocycles. The smallest absolute Gasteiger partial charge is 0.244 e. The van der Waals surface area contributed by atoms with E-state index in [-0.39, 0.29) is 35.7 Å². The molecule has 0 bridgehead atoms. The van der Waals surface area contributed by atoms with E-state index in [4.69, 9.17) is 22.4 Å². The summed E-state index contributed by atoms with van der Waals surface area (Å²) >= 11 is 6.09. The molecule has 1 saturated carbocycles. The van der Waals surface area contributed by atoms with E-state index in [2.05, 4.69) is 11.8 Å². The van der Waals surface area contributed by atoms with Crippen LogP contribution in [-0.2, 0) is 10.0 Å². The zero-order chi connectivity index (χ0) is 15.5. The Morgan fingerprint density at radius 1 is 1.43 bits per heavy atom. The predicted octanol–water partition coefficient (Wildman–Crippen LogP) is 0.796. The van der Waals surface area contributed by atoms with Gasteiger partial charge in [-0.05, 0) is 31.0 Å². The van der Waals surface area contributed by atoms with Crippen molar-refractivity contribution in [3.8, 4) is 11.8 Å². The number of hydrogen-bond donors (Lipinski definition) is 2. The standard InChI is InChI=1S/C14H17ClN2O3S/c15-13-10-11(2-1-7-16)3-6-14(13)21(19,20)17(8-9-18)12-4-5-12/h3,6,10,12,18H,4-5,7-9,16H2. The van der Waals surface area contributed by atoms with Crippen LogP contribution in [0.25, 0.3) is 0 Å². The van der Waals surface area contributed by atoms with Crippen molar-refractivity contribution < 1.29 is 13.5 Å². The van der Waals surface area contributed by atoms with E-state index >= 15 is 0 Å². The van der Waals surface area contributed by atoms with Crippen molar-refractivity contribution in [1.29, 1.82) is 0 Å². The summed E-state index contributed by atoms with van der Waals surface area (Å²) in [5.41, 5.74) is 5.91. The first-order chi connectivity index (χ1) is 10.0. The fourth-order valence-electron chi connectivity index (χ4n) is 2.03. The van der Waals surface area contributed by atoms with Gasteiger partial charge in [0.15, 0.2) is 0 Å². The van der Waals surface area contributed by atoms with Gasteiger partial charge in [0.05, 0.1) is 18.2 Å². The highest BCUT2D eigenvalue weighted by atomic mass is 35.5. The van der Waals surface area contributed by atoms with Crippen molar-refractivity contribution >= 4 is 21.6 Å². The van der Waals surface area contributed by atoms with Gasteiger partial charge in [0.1, 0.15) is 4.90 Å². The van der Waals surface area contributed by atoms with Crippen LogP contribution >= 0.6 is 11.6 Å². The van der Waals surface area contributed by atoms with Crippen LogP contribution in [0.15, 0.2) is 23.1 Å². The Labute approximate surface area is 129 Å². The molecular formula is C14H17ClN2O3S. The topological polar surface area (TPSA) is 83.6 Å². The van der Waals surface area contributed by atoms with Gasteiger partial charge in [-0.2, -0.15) is 4.31 Å². The molecule has 7 heteroatoms. The molecule has 0 spiro atoms. The lowest BCUT2D eigenvalue weighted by Crippen LogP contribution is -2.35. The number of nitrogens with two attached hydrogens (primary N) is 1. The first kappa shape index (κ1) is 16.3. The van der Waals surface area contributed by atoms with Gasteiger partial charge in [-0.3, -0.25) is 0 Å². The summed E-state index contributed by atoms with van der Waals surface area (Å²) in [6.45, 7) is 0.0924. The van der Waals surface area contributed by atoms with Gasteiger partial charge in [0.2, 0.25) is 10.0 Å². The lowest BCUT2D eigenvalue weighted by atomic mass is 10.2. The van der Waals surface area contributed by atoms with E-state index in [0.29, 0.717) is 5.56 Å². The maximum Gasteiger partial charge on any atom is 0.244 e. The van der Waals surface area contributed by atoms with Crippen molar-refractivity contribution in [3.05, 3.63) is 28.8 Å². The Morgan fingerprint density at radius 2 is 2.14 bits per heavy atom. The molecule has 114 valence electrons. The molecule has 0 amide bonds. The van der Waals surface area contributed by atoms with Gasteiger partial charge in [-0.15, -0.1) is 0 Å². The van der Waals surface area contributed by atoms with Crippen LogP contribution in [0.4, 0.5) is 0 Å². The van der Waals surface area contributed by atoms with Crippen molar-refractivity contribution in [2.75, 3.05) is 19.7 Å². The molecule has 0 heterocycles. The fraction of sp³-hybridized carbons (Fsp3) is 0.429. The number of benzene rings is 1. The van der Waals surface area contributed by atoms with Crippen LogP contribution < -0.4 is 5.73 Å². The highest BCUT2D eigenvalue weighted by molar-refractivity contribution is 7.89. The van der Waals surface area contributed by atoms with Crippen LogP contribution in [0.1, 0.15) is 18.4 Å². The second kappa shape index (κ2) is 6.77. The zero-order valence-corrected chi connectivity index (χ0v) is 13.0. The zero-order valence-electron chi connectivity index (χ0n) is 11.4. The predicted molar refractivity (Wildman–Crippen MR) is 81.4 cm³/mol. The van der Waals surface area contributed by atoms with Crippen LogP contribution in [0.5, 0.6) is 0 Å².